The molecule has 1 aromatic heterocycles. The summed E-state index contributed by atoms with van der Waals surface area (Å²) in [7, 11) is 0. The molecule has 18 heavy (non-hydrogen) atoms. The summed E-state index contributed by atoms with van der Waals surface area (Å²) >= 11 is 0. The van der Waals surface area contributed by atoms with Crippen LogP contribution in [-0.2, 0) is 0 Å². The maximum absolute atomic E-state index is 12.2. The lowest BCUT2D eigenvalue weighted by molar-refractivity contribution is -0.363. The van der Waals surface area contributed by atoms with Crippen molar-refractivity contribution >= 4 is 17.6 Å². The number of carbonyl (C=O) groups is 2. The van der Waals surface area contributed by atoms with Gasteiger partial charge in [0.2, 0.25) is 0 Å². The number of aromatic amines is 1. The molecule has 0 bridgehead atoms. The van der Waals surface area contributed by atoms with E-state index in [1.165, 1.54) is 4.90 Å². The van der Waals surface area contributed by atoms with Gasteiger partial charge in [-0.1, -0.05) is 12.1 Å². The van der Waals surface area contributed by atoms with E-state index in [4.69, 9.17) is 0 Å². The fraction of sp³-hybridized carbons (Fsp3) is 0.0714. The first-order valence-corrected chi connectivity index (χ1v) is 5.64. The zero-order valence-electron chi connectivity index (χ0n) is 9.81. The Labute approximate surface area is 104 Å². The maximum Gasteiger partial charge on any atom is 0.349 e. The van der Waals surface area contributed by atoms with Crippen LogP contribution in [-0.4, -0.2) is 11.8 Å². The highest BCUT2D eigenvalue weighted by Gasteiger charge is 2.43. The molecule has 0 fully saturated rings. The van der Waals surface area contributed by atoms with Crippen molar-refractivity contribution in [3.05, 3.63) is 59.3 Å². The van der Waals surface area contributed by atoms with Gasteiger partial charge in [0.05, 0.1) is 17.3 Å². The molecular formula is C14H11N2O2+. The topological polar surface area (TPSA) is 51.5 Å². The Bertz CT molecular complexity index is 612. The van der Waals surface area contributed by atoms with Crippen LogP contribution in [0.3, 0.4) is 0 Å². The van der Waals surface area contributed by atoms with E-state index in [-0.39, 0.29) is 11.8 Å². The highest BCUT2D eigenvalue weighted by atomic mass is 16.2. The van der Waals surface area contributed by atoms with Crippen molar-refractivity contribution in [3.8, 4) is 0 Å². The number of rotatable bonds is 1. The van der Waals surface area contributed by atoms with Gasteiger partial charge in [0.25, 0.3) is 5.82 Å². The van der Waals surface area contributed by atoms with E-state index in [9.17, 15) is 9.59 Å². The van der Waals surface area contributed by atoms with E-state index in [1.54, 1.807) is 36.5 Å². The first-order chi connectivity index (χ1) is 8.68. The van der Waals surface area contributed by atoms with Crippen molar-refractivity contribution in [2.45, 2.75) is 6.92 Å². The van der Waals surface area contributed by atoms with Crippen LogP contribution in [0, 0.1) is 6.92 Å². The number of hydrogen-bond donors (Lipinski definition) is 0. The van der Waals surface area contributed by atoms with Crippen molar-refractivity contribution in [2.24, 2.45) is 0 Å². The molecule has 2 heterocycles. The van der Waals surface area contributed by atoms with Gasteiger partial charge >= 0.3 is 11.8 Å². The molecule has 0 saturated carbocycles. The minimum Gasteiger partial charge on any atom is -0.247 e. The predicted octanol–water partition coefficient (Wildman–Crippen LogP) is 1.61. The molecule has 0 radical (unpaired) electrons. The molecule has 88 valence electrons. The summed E-state index contributed by atoms with van der Waals surface area (Å²) in [6, 6.07) is 10.4. The smallest absolute Gasteiger partial charge is 0.247 e. The molecule has 1 N–H and O–H groups in total. The summed E-state index contributed by atoms with van der Waals surface area (Å²) < 4.78 is 0. The Kier molecular flexibility index (Phi) is 2.23. The number of hydrogen-bond acceptors (Lipinski definition) is 2. The van der Waals surface area contributed by atoms with Gasteiger partial charge in [-0.05, 0) is 30.7 Å². The van der Waals surface area contributed by atoms with E-state index in [1.807, 2.05) is 13.0 Å². The molecule has 1 aromatic carbocycles. The zero-order valence-corrected chi connectivity index (χ0v) is 9.81. The number of aryl methyl sites for hydroxylation is 1. The molecule has 0 saturated heterocycles. The van der Waals surface area contributed by atoms with Crippen LogP contribution in [0.2, 0.25) is 0 Å². The van der Waals surface area contributed by atoms with E-state index in [2.05, 4.69) is 4.98 Å². The van der Waals surface area contributed by atoms with Crippen molar-refractivity contribution in [2.75, 3.05) is 4.90 Å². The number of benzene rings is 1. The molecule has 1 aliphatic heterocycles. The van der Waals surface area contributed by atoms with Crippen LogP contribution >= 0.6 is 0 Å². The number of imide groups is 1. The van der Waals surface area contributed by atoms with E-state index < -0.39 is 0 Å². The lowest BCUT2D eigenvalue weighted by Gasteiger charge is -2.03. The Balaban J connectivity index is 2.09. The van der Waals surface area contributed by atoms with Crippen molar-refractivity contribution in [3.63, 3.8) is 0 Å². The first kappa shape index (κ1) is 10.7. The summed E-state index contributed by atoms with van der Waals surface area (Å²) in [6.07, 6.45) is 1.76. The van der Waals surface area contributed by atoms with Crippen molar-refractivity contribution in [1.29, 1.82) is 0 Å². The van der Waals surface area contributed by atoms with Crippen LogP contribution in [0.5, 0.6) is 0 Å². The third-order valence-corrected chi connectivity index (χ3v) is 2.99. The first-order valence-electron chi connectivity index (χ1n) is 5.64. The van der Waals surface area contributed by atoms with E-state index >= 15 is 0 Å². The molecule has 0 spiro atoms. The number of anilines is 1. The third-order valence-electron chi connectivity index (χ3n) is 2.99. The number of carbonyl (C=O) groups excluding carboxylic acids is 2. The van der Waals surface area contributed by atoms with Crippen LogP contribution in [0.15, 0.2) is 42.6 Å². The molecule has 3 rings (SSSR count). The second-order valence-corrected chi connectivity index (χ2v) is 4.24. The summed E-state index contributed by atoms with van der Waals surface area (Å²) in [5, 5.41) is 0. The molecule has 0 unspecified atom stereocenters. The van der Waals surface area contributed by atoms with Crippen LogP contribution in [0.1, 0.15) is 26.3 Å². The SMILES string of the molecule is Cc1ccc(N2C(=O)c3ccccc3C2=O)[nH+]c1. The predicted molar refractivity (Wildman–Crippen MR) is 65.3 cm³/mol. The number of nitrogens with one attached hydrogen (secondary N) is 1. The molecule has 2 aromatic rings. The molecule has 4 heteroatoms. The zero-order chi connectivity index (χ0) is 12.7. The Morgan fingerprint density at radius 3 is 2.06 bits per heavy atom. The Hall–Kier alpha value is -2.49. The fourth-order valence-corrected chi connectivity index (χ4v) is 2.04. The normalized spacial score (nSPS) is 13.9. The monoisotopic (exact) mass is 239 g/mol. The lowest BCUT2D eigenvalue weighted by atomic mass is 10.1. The molecule has 4 nitrogen and oxygen atoms in total. The van der Waals surface area contributed by atoms with Gasteiger partial charge < -0.3 is 0 Å². The minimum atomic E-state index is -0.282. The largest absolute Gasteiger partial charge is 0.349 e. The number of amides is 2. The van der Waals surface area contributed by atoms with E-state index in [0.717, 1.165) is 5.56 Å². The molecule has 0 aliphatic carbocycles. The van der Waals surface area contributed by atoms with E-state index in [0.29, 0.717) is 16.9 Å². The Morgan fingerprint density at radius 2 is 1.56 bits per heavy atom. The van der Waals surface area contributed by atoms with Gasteiger partial charge in [0.1, 0.15) is 0 Å². The maximum atomic E-state index is 12.2. The van der Waals surface area contributed by atoms with Gasteiger partial charge in [-0.15, -0.1) is 4.90 Å². The van der Waals surface area contributed by atoms with Crippen LogP contribution in [0.25, 0.3) is 0 Å². The number of nitrogens with zero attached hydrogens (tertiary/aromatic N) is 1. The standard InChI is InChI=1S/C14H10N2O2/c1-9-6-7-12(15-8-9)16-13(17)10-4-2-3-5-11(10)14(16)18/h2-8H,1H3/p+1. The summed E-state index contributed by atoms with van der Waals surface area (Å²) in [5.74, 6) is -0.0711. The second kappa shape index (κ2) is 3.77. The summed E-state index contributed by atoms with van der Waals surface area (Å²) in [4.78, 5) is 28.5. The molecular weight excluding hydrogens is 228 g/mol. The van der Waals surface area contributed by atoms with Gasteiger partial charge in [0.15, 0.2) is 0 Å². The van der Waals surface area contributed by atoms with Gasteiger partial charge in [-0.3, -0.25) is 0 Å². The fourth-order valence-electron chi connectivity index (χ4n) is 2.04. The second-order valence-electron chi connectivity index (χ2n) is 4.24. The average Bonchev–Trinajstić information content (AvgIpc) is 2.64. The number of fused-ring (bicyclic) bond motifs is 1. The highest BCUT2D eigenvalue weighted by Crippen LogP contribution is 2.25. The van der Waals surface area contributed by atoms with Gasteiger partial charge in [0, 0.05) is 6.07 Å². The number of aromatic nitrogens is 1. The van der Waals surface area contributed by atoms with Crippen LogP contribution in [0.4, 0.5) is 5.82 Å². The van der Waals surface area contributed by atoms with Gasteiger partial charge in [-0.25, -0.2) is 14.6 Å². The Morgan fingerprint density at radius 1 is 0.944 bits per heavy atom. The quantitative estimate of drug-likeness (QED) is 0.710. The number of H-pyrrole nitrogens is 1. The van der Waals surface area contributed by atoms with Gasteiger partial charge in [-0.2, -0.15) is 0 Å². The lowest BCUT2D eigenvalue weighted by Crippen LogP contribution is -2.34. The van der Waals surface area contributed by atoms with Crippen molar-refractivity contribution < 1.29 is 14.6 Å². The summed E-state index contributed by atoms with van der Waals surface area (Å²) in [6.45, 7) is 1.93. The number of pyridine rings is 1. The van der Waals surface area contributed by atoms with Crippen LogP contribution < -0.4 is 9.88 Å². The average molecular weight is 239 g/mol. The van der Waals surface area contributed by atoms with Crippen molar-refractivity contribution in [1.82, 2.24) is 0 Å². The molecule has 2 amide bonds. The minimum absolute atomic E-state index is 0.282. The summed E-state index contributed by atoms with van der Waals surface area (Å²) in [5.41, 5.74) is 1.95. The third kappa shape index (κ3) is 1.43. The highest BCUT2D eigenvalue weighted by molar-refractivity contribution is 6.33. The molecule has 0 atom stereocenters. The molecule has 1 aliphatic rings.